The monoisotopic (exact) mass is 167 g/mol. The third kappa shape index (κ3) is 2.09. The van der Waals surface area contributed by atoms with E-state index in [1.54, 1.807) is 0 Å². The van der Waals surface area contributed by atoms with Crippen molar-refractivity contribution in [2.45, 2.75) is 39.7 Å². The van der Waals surface area contributed by atoms with Crippen LogP contribution in [0.5, 0.6) is 0 Å². The maximum atomic E-state index is 11.5. The molecule has 2 N–H and O–H groups in total. The second kappa shape index (κ2) is 3.28. The van der Waals surface area contributed by atoms with Gasteiger partial charge < -0.3 is 5.73 Å². The molecule has 0 saturated carbocycles. The summed E-state index contributed by atoms with van der Waals surface area (Å²) in [7, 11) is 0. The van der Waals surface area contributed by atoms with Crippen LogP contribution in [0.2, 0.25) is 0 Å². The summed E-state index contributed by atoms with van der Waals surface area (Å²) >= 11 is 0. The van der Waals surface area contributed by atoms with E-state index in [0.29, 0.717) is 0 Å². The van der Waals surface area contributed by atoms with E-state index in [2.05, 4.69) is 5.92 Å². The van der Waals surface area contributed by atoms with Gasteiger partial charge in [0, 0.05) is 11.0 Å². The molecule has 0 rings (SSSR count). The molecule has 0 saturated heterocycles. The summed E-state index contributed by atoms with van der Waals surface area (Å²) in [6.45, 7) is 7.32. The zero-order chi connectivity index (χ0) is 9.99. The number of Topliss-reactive ketones (excluding diaryl/α,β-unsaturated/α-hetero) is 1. The van der Waals surface area contributed by atoms with E-state index in [0.717, 1.165) is 0 Å². The van der Waals surface area contributed by atoms with Crippen LogP contribution >= 0.6 is 0 Å². The van der Waals surface area contributed by atoms with Crippen molar-refractivity contribution < 1.29 is 4.79 Å². The largest absolute Gasteiger partial charge is 0.325 e. The standard InChI is InChI=1S/C10H17NO/c1-6-7-8(12)9(2,3)10(4,5)11/h1H,7,11H2,2-5H3. The van der Waals surface area contributed by atoms with Crippen molar-refractivity contribution in [2.24, 2.45) is 11.1 Å². The molecule has 0 radical (unpaired) electrons. The van der Waals surface area contributed by atoms with Crippen LogP contribution in [-0.4, -0.2) is 11.3 Å². The van der Waals surface area contributed by atoms with Crippen LogP contribution in [0.25, 0.3) is 0 Å². The SMILES string of the molecule is C#CCC(=O)C(C)(C)C(C)(C)N. The topological polar surface area (TPSA) is 43.1 Å². The first-order chi connectivity index (χ1) is 5.23. The van der Waals surface area contributed by atoms with Gasteiger partial charge in [0.15, 0.2) is 5.78 Å². The van der Waals surface area contributed by atoms with Gasteiger partial charge in [0.05, 0.1) is 6.42 Å². The lowest BCUT2D eigenvalue weighted by Crippen LogP contribution is -2.51. The van der Waals surface area contributed by atoms with E-state index in [4.69, 9.17) is 12.2 Å². The van der Waals surface area contributed by atoms with Crippen molar-refractivity contribution in [3.05, 3.63) is 0 Å². The van der Waals surface area contributed by atoms with Gasteiger partial charge in [0.2, 0.25) is 0 Å². The van der Waals surface area contributed by atoms with Crippen LogP contribution in [0.3, 0.4) is 0 Å². The van der Waals surface area contributed by atoms with E-state index in [1.165, 1.54) is 0 Å². The van der Waals surface area contributed by atoms with Crippen molar-refractivity contribution in [2.75, 3.05) is 0 Å². The highest BCUT2D eigenvalue weighted by Crippen LogP contribution is 2.30. The molecular formula is C10H17NO. The molecular weight excluding hydrogens is 150 g/mol. The van der Waals surface area contributed by atoms with Crippen molar-refractivity contribution in [3.8, 4) is 12.3 Å². The van der Waals surface area contributed by atoms with E-state index in [-0.39, 0.29) is 12.2 Å². The van der Waals surface area contributed by atoms with Crippen molar-refractivity contribution in [1.29, 1.82) is 0 Å². The highest BCUT2D eigenvalue weighted by Gasteiger charge is 2.39. The number of ketones is 1. The predicted octanol–water partition coefficient (Wildman–Crippen LogP) is 1.34. The maximum absolute atomic E-state index is 11.5. The molecule has 0 unspecified atom stereocenters. The zero-order valence-corrected chi connectivity index (χ0v) is 8.27. The van der Waals surface area contributed by atoms with Crippen LogP contribution in [0, 0.1) is 17.8 Å². The highest BCUT2D eigenvalue weighted by molar-refractivity contribution is 5.87. The Hall–Kier alpha value is -0.810. The molecule has 0 amide bonds. The Morgan fingerprint density at radius 3 is 2.08 bits per heavy atom. The predicted molar refractivity (Wildman–Crippen MR) is 50.5 cm³/mol. The number of carbonyl (C=O) groups excluding carboxylic acids is 1. The Balaban J connectivity index is 4.64. The van der Waals surface area contributed by atoms with Gasteiger partial charge in [-0.3, -0.25) is 4.79 Å². The van der Waals surface area contributed by atoms with Crippen LogP contribution in [0.4, 0.5) is 0 Å². The van der Waals surface area contributed by atoms with Gasteiger partial charge in [-0.25, -0.2) is 0 Å². The van der Waals surface area contributed by atoms with E-state index < -0.39 is 11.0 Å². The van der Waals surface area contributed by atoms with E-state index >= 15 is 0 Å². The summed E-state index contributed by atoms with van der Waals surface area (Å²) in [5.41, 5.74) is 4.77. The van der Waals surface area contributed by atoms with E-state index in [9.17, 15) is 4.79 Å². The summed E-state index contributed by atoms with van der Waals surface area (Å²) in [6, 6.07) is 0. The average Bonchev–Trinajstić information content (AvgIpc) is 1.85. The van der Waals surface area contributed by atoms with Gasteiger partial charge >= 0.3 is 0 Å². The molecule has 68 valence electrons. The molecule has 0 aromatic carbocycles. The Kier molecular flexibility index (Phi) is 3.06. The molecule has 0 atom stereocenters. The number of hydrogen-bond donors (Lipinski definition) is 1. The molecule has 12 heavy (non-hydrogen) atoms. The second-order valence-corrected chi connectivity index (χ2v) is 4.15. The Morgan fingerprint density at radius 1 is 1.42 bits per heavy atom. The summed E-state index contributed by atoms with van der Waals surface area (Å²) in [4.78, 5) is 11.5. The van der Waals surface area contributed by atoms with Gasteiger partial charge in [-0.2, -0.15) is 0 Å². The molecule has 0 heterocycles. The zero-order valence-electron chi connectivity index (χ0n) is 8.27. The molecule has 0 fully saturated rings. The Labute approximate surface area is 74.5 Å². The number of carbonyl (C=O) groups is 1. The summed E-state index contributed by atoms with van der Waals surface area (Å²) < 4.78 is 0. The highest BCUT2D eigenvalue weighted by atomic mass is 16.1. The fraction of sp³-hybridized carbons (Fsp3) is 0.700. The molecule has 2 heteroatoms. The Morgan fingerprint density at radius 2 is 1.83 bits per heavy atom. The normalized spacial score (nSPS) is 12.3. The molecule has 0 aromatic rings. The number of rotatable bonds is 3. The van der Waals surface area contributed by atoms with Crippen molar-refractivity contribution in [3.63, 3.8) is 0 Å². The lowest BCUT2D eigenvalue weighted by atomic mass is 9.71. The van der Waals surface area contributed by atoms with Crippen LogP contribution in [0.15, 0.2) is 0 Å². The molecule has 0 aromatic heterocycles. The minimum Gasteiger partial charge on any atom is -0.325 e. The lowest BCUT2D eigenvalue weighted by Gasteiger charge is -2.36. The summed E-state index contributed by atoms with van der Waals surface area (Å²) in [5.74, 6) is 2.37. The quantitative estimate of drug-likeness (QED) is 0.645. The van der Waals surface area contributed by atoms with Crippen LogP contribution in [0.1, 0.15) is 34.1 Å². The number of terminal acetylenes is 1. The summed E-state index contributed by atoms with van der Waals surface area (Å²) in [5, 5.41) is 0. The first-order valence-electron chi connectivity index (χ1n) is 3.99. The van der Waals surface area contributed by atoms with Crippen LogP contribution in [-0.2, 0) is 4.79 Å². The molecule has 0 aliphatic rings. The third-order valence-electron chi connectivity index (χ3n) is 2.57. The number of hydrogen-bond acceptors (Lipinski definition) is 2. The third-order valence-corrected chi connectivity index (χ3v) is 2.57. The number of nitrogens with two attached hydrogens (primary N) is 1. The molecule has 0 spiro atoms. The first kappa shape index (κ1) is 11.2. The minimum atomic E-state index is -0.556. The van der Waals surface area contributed by atoms with Gasteiger partial charge in [0.25, 0.3) is 0 Å². The fourth-order valence-corrected chi connectivity index (χ4v) is 0.673. The minimum absolute atomic E-state index is 0.0255. The van der Waals surface area contributed by atoms with Crippen molar-refractivity contribution >= 4 is 5.78 Å². The maximum Gasteiger partial charge on any atom is 0.152 e. The molecule has 2 nitrogen and oxygen atoms in total. The van der Waals surface area contributed by atoms with Crippen LogP contribution < -0.4 is 5.73 Å². The van der Waals surface area contributed by atoms with Crippen molar-refractivity contribution in [1.82, 2.24) is 0 Å². The first-order valence-corrected chi connectivity index (χ1v) is 3.99. The fourth-order valence-electron chi connectivity index (χ4n) is 0.673. The molecule has 0 aliphatic carbocycles. The summed E-state index contributed by atoms with van der Waals surface area (Å²) in [6.07, 6.45) is 5.22. The Bertz CT molecular complexity index is 215. The van der Waals surface area contributed by atoms with Gasteiger partial charge in [-0.05, 0) is 13.8 Å². The average molecular weight is 167 g/mol. The van der Waals surface area contributed by atoms with Gasteiger partial charge in [0.1, 0.15) is 0 Å². The lowest BCUT2D eigenvalue weighted by molar-refractivity contribution is -0.128. The molecule has 0 aliphatic heterocycles. The molecule has 0 bridgehead atoms. The second-order valence-electron chi connectivity index (χ2n) is 4.15. The van der Waals surface area contributed by atoms with Gasteiger partial charge in [-0.1, -0.05) is 19.8 Å². The van der Waals surface area contributed by atoms with Gasteiger partial charge in [-0.15, -0.1) is 6.42 Å². The van der Waals surface area contributed by atoms with E-state index in [1.807, 2.05) is 27.7 Å². The smallest absolute Gasteiger partial charge is 0.152 e.